The lowest BCUT2D eigenvalue weighted by Gasteiger charge is -2.22. The summed E-state index contributed by atoms with van der Waals surface area (Å²) in [5.41, 5.74) is 2.80. The van der Waals surface area contributed by atoms with Gasteiger partial charge in [0.1, 0.15) is 5.82 Å². The number of rotatable bonds is 7. The van der Waals surface area contributed by atoms with Crippen molar-refractivity contribution < 1.29 is 18.3 Å². The molecule has 5 rings (SSSR count). The smallest absolute Gasteiger partial charge is 0.253 e. The third kappa shape index (κ3) is 5.48. The highest BCUT2D eigenvalue weighted by Gasteiger charge is 2.33. The van der Waals surface area contributed by atoms with Crippen LogP contribution in [-0.4, -0.2) is 65.3 Å². The average molecular weight is 533 g/mol. The fourth-order valence-corrected chi connectivity index (χ4v) is 5.00. The average Bonchev–Trinajstić information content (AvgIpc) is 3.33. The molecule has 4 aromatic heterocycles. The van der Waals surface area contributed by atoms with Crippen molar-refractivity contribution in [2.45, 2.75) is 24.8 Å². The minimum Gasteiger partial charge on any atom is -0.396 e. The van der Waals surface area contributed by atoms with E-state index >= 15 is 0 Å². The van der Waals surface area contributed by atoms with Gasteiger partial charge in [-0.3, -0.25) is 14.8 Å². The number of sulfone groups is 1. The molecule has 1 amide bonds. The van der Waals surface area contributed by atoms with Crippen LogP contribution in [0.15, 0.2) is 66.0 Å². The van der Waals surface area contributed by atoms with Gasteiger partial charge < -0.3 is 15.3 Å². The molecule has 4 aromatic rings. The maximum atomic E-state index is 12.6. The van der Waals surface area contributed by atoms with Gasteiger partial charge in [-0.15, -0.1) is 0 Å². The van der Waals surface area contributed by atoms with Crippen molar-refractivity contribution in [3.63, 3.8) is 0 Å². The summed E-state index contributed by atoms with van der Waals surface area (Å²) >= 11 is 0. The van der Waals surface area contributed by atoms with E-state index in [4.69, 9.17) is 9.97 Å². The number of fused-ring (bicyclic) bond motifs is 1. The summed E-state index contributed by atoms with van der Waals surface area (Å²) < 4.78 is 23.5. The van der Waals surface area contributed by atoms with Gasteiger partial charge in [-0.1, -0.05) is 13.0 Å². The summed E-state index contributed by atoms with van der Waals surface area (Å²) in [5.74, 6) is 0.404. The van der Waals surface area contributed by atoms with Crippen LogP contribution in [0.2, 0.25) is 0 Å². The van der Waals surface area contributed by atoms with Crippen LogP contribution in [0.4, 0.5) is 5.82 Å². The van der Waals surface area contributed by atoms with E-state index in [0.717, 1.165) is 42.7 Å². The zero-order valence-corrected chi connectivity index (χ0v) is 21.9. The fraction of sp³-hybridized carbons (Fsp3) is 0.296. The minimum atomic E-state index is -3.47. The monoisotopic (exact) mass is 532 g/mol. The van der Waals surface area contributed by atoms with Crippen LogP contribution < -0.4 is 10.2 Å². The molecule has 0 aliphatic carbocycles. The molecule has 10 nitrogen and oxygen atoms in total. The van der Waals surface area contributed by atoms with Gasteiger partial charge in [0.2, 0.25) is 0 Å². The number of nitrogens with zero attached hydrogens (tertiary/aromatic N) is 5. The minimum absolute atomic E-state index is 0.0180. The number of nitrogens with one attached hydrogen (secondary N) is 1. The van der Waals surface area contributed by atoms with E-state index in [9.17, 15) is 18.3 Å². The Labute approximate surface area is 220 Å². The molecule has 1 aliphatic heterocycles. The van der Waals surface area contributed by atoms with Crippen molar-refractivity contribution in [3.05, 3.63) is 72.3 Å². The lowest BCUT2D eigenvalue weighted by Crippen LogP contribution is -2.28. The summed E-state index contributed by atoms with van der Waals surface area (Å²) in [7, 11) is -3.47. The van der Waals surface area contributed by atoms with Gasteiger partial charge in [0.15, 0.2) is 9.84 Å². The van der Waals surface area contributed by atoms with E-state index in [1.807, 2.05) is 30.3 Å². The molecule has 1 aliphatic rings. The highest BCUT2D eigenvalue weighted by molar-refractivity contribution is 7.90. The van der Waals surface area contributed by atoms with Crippen LogP contribution in [0.5, 0.6) is 0 Å². The van der Waals surface area contributed by atoms with E-state index < -0.39 is 15.7 Å². The topological polar surface area (TPSA) is 138 Å². The zero-order valence-electron chi connectivity index (χ0n) is 21.1. The number of carbonyl (C=O) groups is 1. The van der Waals surface area contributed by atoms with Gasteiger partial charge in [-0.25, -0.2) is 18.4 Å². The van der Waals surface area contributed by atoms with Gasteiger partial charge in [0.05, 0.1) is 46.2 Å². The quantitative estimate of drug-likeness (QED) is 0.368. The second-order valence-electron chi connectivity index (χ2n) is 9.95. The first-order valence-electron chi connectivity index (χ1n) is 12.2. The normalized spacial score (nSPS) is 17.6. The molecule has 0 spiro atoms. The molecule has 0 bridgehead atoms. The zero-order chi connectivity index (χ0) is 26.9. The van der Waals surface area contributed by atoms with E-state index in [1.54, 1.807) is 12.3 Å². The number of hydrogen-bond donors (Lipinski definition) is 2. The van der Waals surface area contributed by atoms with E-state index in [2.05, 4.69) is 27.1 Å². The summed E-state index contributed by atoms with van der Waals surface area (Å²) in [6, 6.07) is 12.8. The molecule has 38 heavy (non-hydrogen) atoms. The molecule has 11 heteroatoms. The maximum Gasteiger partial charge on any atom is 0.253 e. The van der Waals surface area contributed by atoms with E-state index in [-0.39, 0.29) is 29.0 Å². The first-order valence-corrected chi connectivity index (χ1v) is 14.0. The SMILES string of the molecule is C[C@@]1(CO)CCN(c2cccc(-c3ccc4cnc(CNC(=O)c5cncc(S(C)(=O)=O)c5)cc4n3)n2)C1. The number of pyridine rings is 4. The summed E-state index contributed by atoms with van der Waals surface area (Å²) in [6.07, 6.45) is 6.21. The Morgan fingerprint density at radius 1 is 1.11 bits per heavy atom. The lowest BCUT2D eigenvalue weighted by molar-refractivity contribution is 0.0950. The predicted octanol–water partition coefficient (Wildman–Crippen LogP) is 2.63. The summed E-state index contributed by atoms with van der Waals surface area (Å²) in [6.45, 7) is 3.96. The van der Waals surface area contributed by atoms with Gasteiger partial charge in [0.25, 0.3) is 5.91 Å². The Morgan fingerprint density at radius 3 is 2.68 bits per heavy atom. The molecule has 2 N–H and O–H groups in total. The van der Waals surface area contributed by atoms with Crippen molar-refractivity contribution in [2.24, 2.45) is 5.41 Å². The Hall–Kier alpha value is -3.96. The van der Waals surface area contributed by atoms with Crippen LogP contribution in [0.1, 0.15) is 29.4 Å². The molecule has 0 aromatic carbocycles. The number of anilines is 1. The van der Waals surface area contributed by atoms with Gasteiger partial charge >= 0.3 is 0 Å². The Balaban J connectivity index is 1.33. The van der Waals surface area contributed by atoms with Crippen molar-refractivity contribution in [1.82, 2.24) is 25.3 Å². The molecule has 1 fully saturated rings. The van der Waals surface area contributed by atoms with Crippen LogP contribution in [0, 0.1) is 5.41 Å². The van der Waals surface area contributed by atoms with E-state index in [1.165, 1.54) is 18.5 Å². The third-order valence-electron chi connectivity index (χ3n) is 6.72. The number of aliphatic hydroxyl groups excluding tert-OH is 1. The number of aliphatic hydroxyl groups is 1. The Morgan fingerprint density at radius 2 is 1.92 bits per heavy atom. The van der Waals surface area contributed by atoms with Crippen molar-refractivity contribution in [1.29, 1.82) is 0 Å². The van der Waals surface area contributed by atoms with Crippen LogP contribution in [0.25, 0.3) is 22.3 Å². The predicted molar refractivity (Wildman–Crippen MR) is 143 cm³/mol. The molecule has 0 saturated carbocycles. The largest absolute Gasteiger partial charge is 0.396 e. The van der Waals surface area contributed by atoms with Gasteiger partial charge in [0, 0.05) is 48.7 Å². The number of aromatic nitrogens is 4. The van der Waals surface area contributed by atoms with Gasteiger partial charge in [-0.2, -0.15) is 0 Å². The van der Waals surface area contributed by atoms with Gasteiger partial charge in [-0.05, 0) is 42.8 Å². The molecule has 0 unspecified atom stereocenters. The molecule has 1 atom stereocenters. The van der Waals surface area contributed by atoms with Crippen molar-refractivity contribution in [2.75, 3.05) is 30.9 Å². The lowest BCUT2D eigenvalue weighted by atomic mass is 9.91. The first kappa shape index (κ1) is 25.7. The highest BCUT2D eigenvalue weighted by Crippen LogP contribution is 2.32. The molecule has 196 valence electrons. The van der Waals surface area contributed by atoms with Crippen molar-refractivity contribution in [3.8, 4) is 11.4 Å². The third-order valence-corrected chi connectivity index (χ3v) is 7.80. The molecular weight excluding hydrogens is 504 g/mol. The standard InChI is InChI=1S/C27H28N6O4S/c1-27(17-34)8-9-33(16-27)25-5-3-4-22(32-25)23-7-6-18-13-29-20(11-24(18)31-23)14-30-26(35)19-10-21(15-28-12-19)38(2,36)37/h3-7,10-13,15,34H,8-9,14,16-17H2,1-2H3,(H,30,35)/t27-/m1/s1. The second kappa shape index (κ2) is 10.1. The molecule has 1 saturated heterocycles. The summed E-state index contributed by atoms with van der Waals surface area (Å²) in [5, 5.41) is 13.3. The molecule has 0 radical (unpaired) electrons. The maximum absolute atomic E-state index is 12.6. The van der Waals surface area contributed by atoms with E-state index in [0.29, 0.717) is 16.9 Å². The second-order valence-corrected chi connectivity index (χ2v) is 12.0. The highest BCUT2D eigenvalue weighted by atomic mass is 32.2. The molecule has 5 heterocycles. The first-order chi connectivity index (χ1) is 18.1. The Kier molecular flexibility index (Phi) is 6.80. The fourth-order valence-electron chi connectivity index (χ4n) is 4.41. The Bertz CT molecular complexity index is 1630. The summed E-state index contributed by atoms with van der Waals surface area (Å²) in [4.78, 5) is 32.7. The molecular formula is C27H28N6O4S. The number of carbonyl (C=O) groups excluding carboxylic acids is 1. The van der Waals surface area contributed by atoms with Crippen LogP contribution >= 0.6 is 0 Å². The van der Waals surface area contributed by atoms with Crippen LogP contribution in [-0.2, 0) is 16.4 Å². The van der Waals surface area contributed by atoms with Crippen LogP contribution in [0.3, 0.4) is 0 Å². The van der Waals surface area contributed by atoms with Crippen molar-refractivity contribution >= 4 is 32.5 Å². The number of amides is 1. The number of hydrogen-bond acceptors (Lipinski definition) is 9.